The van der Waals surface area contributed by atoms with Crippen LogP contribution >= 0.6 is 0 Å². The zero-order valence-corrected chi connectivity index (χ0v) is 15.4. The smallest absolute Gasteiger partial charge is 0.332 e. The highest BCUT2D eigenvalue weighted by atomic mass is 17.1. The van der Waals surface area contributed by atoms with E-state index in [1.165, 1.54) is 0 Å². The van der Waals surface area contributed by atoms with Crippen molar-refractivity contribution >= 4 is 11.8 Å². The van der Waals surface area contributed by atoms with Crippen LogP contribution in [0.4, 0.5) is 0 Å². The molecule has 2 aromatic rings. The molecule has 6 nitrogen and oxygen atoms in total. The molecule has 3 rings (SSSR count). The number of hydrogen-bond acceptors (Lipinski definition) is 6. The fraction of sp³-hybridized carbons (Fsp3) is 0.333. The van der Waals surface area contributed by atoms with E-state index in [1.807, 2.05) is 13.8 Å². The number of esters is 1. The molecule has 1 aliphatic rings. The first kappa shape index (κ1) is 19.2. The van der Waals surface area contributed by atoms with Gasteiger partial charge in [0.25, 0.3) is 5.79 Å². The third-order valence-electron chi connectivity index (χ3n) is 4.58. The van der Waals surface area contributed by atoms with Crippen molar-refractivity contribution in [3.63, 3.8) is 0 Å². The van der Waals surface area contributed by atoms with Gasteiger partial charge in [-0.3, -0.25) is 4.79 Å². The summed E-state index contributed by atoms with van der Waals surface area (Å²) in [4.78, 5) is 29.7. The molecule has 1 N–H and O–H groups in total. The Morgan fingerprint density at radius 3 is 2.59 bits per heavy atom. The van der Waals surface area contributed by atoms with E-state index in [2.05, 4.69) is 0 Å². The van der Waals surface area contributed by atoms with Crippen molar-refractivity contribution < 1.29 is 29.2 Å². The Morgan fingerprint density at radius 1 is 1.11 bits per heavy atom. The summed E-state index contributed by atoms with van der Waals surface area (Å²) in [6.45, 7) is 3.73. The molecule has 0 aliphatic heterocycles. The molecule has 0 fully saturated rings. The van der Waals surface area contributed by atoms with E-state index in [1.54, 1.807) is 42.5 Å². The van der Waals surface area contributed by atoms with E-state index in [0.29, 0.717) is 28.9 Å². The Balaban J connectivity index is 2.00. The summed E-state index contributed by atoms with van der Waals surface area (Å²) in [5.41, 5.74) is 2.29. The van der Waals surface area contributed by atoms with Gasteiger partial charge in [0.15, 0.2) is 5.78 Å². The second-order valence-corrected chi connectivity index (χ2v) is 6.49. The molecule has 0 spiro atoms. The lowest BCUT2D eigenvalue weighted by atomic mass is 9.80. The molecule has 0 aromatic heterocycles. The van der Waals surface area contributed by atoms with Gasteiger partial charge in [0.1, 0.15) is 6.61 Å². The number of aryl methyl sites for hydroxylation is 1. The molecule has 0 radical (unpaired) electrons. The third-order valence-corrected chi connectivity index (χ3v) is 4.58. The molecule has 1 unspecified atom stereocenters. The maximum Gasteiger partial charge on any atom is 0.332 e. The molecule has 6 heteroatoms. The Hall–Kier alpha value is -2.54. The van der Waals surface area contributed by atoms with Crippen molar-refractivity contribution in [2.75, 3.05) is 13.2 Å². The highest BCUT2D eigenvalue weighted by Crippen LogP contribution is 2.43. The number of benzene rings is 2. The minimum atomic E-state index is -1.78. The third kappa shape index (κ3) is 3.51. The van der Waals surface area contributed by atoms with Gasteiger partial charge < -0.3 is 9.47 Å². The summed E-state index contributed by atoms with van der Waals surface area (Å²) >= 11 is 0. The van der Waals surface area contributed by atoms with Crippen molar-refractivity contribution in [2.24, 2.45) is 0 Å². The van der Waals surface area contributed by atoms with Gasteiger partial charge in [-0.1, -0.05) is 55.3 Å². The number of carbonyl (C=O) groups excluding carboxylic acids is 2. The fourth-order valence-corrected chi connectivity index (χ4v) is 3.20. The van der Waals surface area contributed by atoms with Gasteiger partial charge in [-0.05, 0) is 19.4 Å². The maximum atomic E-state index is 12.9. The standard InChI is InChI=1S/C21H22O6/c1-3-4-11-25-19(22)13-26-21(27-24)17-8-6-5-7-15(17)20(23)16-12-14(2)9-10-18(16)21/h5-10,12,24H,3-4,11,13H2,1-2H3. The molecule has 0 saturated heterocycles. The molecule has 0 saturated carbocycles. The van der Waals surface area contributed by atoms with Crippen molar-refractivity contribution in [1.29, 1.82) is 0 Å². The zero-order valence-electron chi connectivity index (χ0n) is 15.4. The first-order valence-corrected chi connectivity index (χ1v) is 8.91. The predicted octanol–water partition coefficient (Wildman–Crippen LogP) is 3.59. The highest BCUT2D eigenvalue weighted by Gasteiger charge is 2.47. The van der Waals surface area contributed by atoms with E-state index < -0.39 is 18.4 Å². The molecule has 1 atom stereocenters. The Bertz CT molecular complexity index is 860. The summed E-state index contributed by atoms with van der Waals surface area (Å²) < 4.78 is 10.9. The SMILES string of the molecule is CCCCOC(=O)COC1(OO)c2ccccc2C(=O)c2cc(C)ccc21. The van der Waals surface area contributed by atoms with Crippen molar-refractivity contribution in [3.8, 4) is 0 Å². The summed E-state index contributed by atoms with van der Waals surface area (Å²) in [6.07, 6.45) is 1.66. The Labute approximate surface area is 157 Å². The fourth-order valence-electron chi connectivity index (χ4n) is 3.20. The molecular formula is C21H22O6. The summed E-state index contributed by atoms with van der Waals surface area (Å²) in [7, 11) is 0. The normalized spacial score (nSPS) is 18.0. The minimum Gasteiger partial charge on any atom is -0.464 e. The molecule has 0 bridgehead atoms. The van der Waals surface area contributed by atoms with E-state index in [4.69, 9.17) is 14.4 Å². The van der Waals surface area contributed by atoms with E-state index >= 15 is 0 Å². The van der Waals surface area contributed by atoms with Crippen LogP contribution in [0.25, 0.3) is 0 Å². The molecule has 142 valence electrons. The molecule has 1 aliphatic carbocycles. The quantitative estimate of drug-likeness (QED) is 0.264. The Morgan fingerprint density at radius 2 is 1.85 bits per heavy atom. The number of ether oxygens (including phenoxy) is 2. The lowest BCUT2D eigenvalue weighted by Gasteiger charge is -2.36. The number of hydrogen-bond donors (Lipinski definition) is 1. The molecule has 0 amide bonds. The first-order chi connectivity index (χ1) is 13.0. The topological polar surface area (TPSA) is 82.1 Å². The lowest BCUT2D eigenvalue weighted by Crippen LogP contribution is -2.41. The van der Waals surface area contributed by atoms with Crippen LogP contribution in [0.15, 0.2) is 42.5 Å². The summed E-state index contributed by atoms with van der Waals surface area (Å²) in [5, 5.41) is 9.83. The van der Waals surface area contributed by atoms with Crippen LogP contribution in [0.1, 0.15) is 52.4 Å². The lowest BCUT2D eigenvalue weighted by molar-refractivity contribution is -0.394. The van der Waals surface area contributed by atoms with Crippen LogP contribution in [-0.4, -0.2) is 30.2 Å². The van der Waals surface area contributed by atoms with E-state index in [9.17, 15) is 14.8 Å². The van der Waals surface area contributed by atoms with Crippen LogP contribution in [0.5, 0.6) is 0 Å². The number of ketones is 1. The highest BCUT2D eigenvalue weighted by molar-refractivity contribution is 6.13. The molecule has 2 aromatic carbocycles. The molecule has 27 heavy (non-hydrogen) atoms. The predicted molar refractivity (Wildman–Crippen MR) is 97.4 cm³/mol. The van der Waals surface area contributed by atoms with Gasteiger partial charge in [0.2, 0.25) is 0 Å². The second kappa shape index (κ2) is 8.00. The van der Waals surface area contributed by atoms with E-state index in [-0.39, 0.29) is 5.78 Å². The van der Waals surface area contributed by atoms with Crippen LogP contribution in [0.3, 0.4) is 0 Å². The van der Waals surface area contributed by atoms with Crippen LogP contribution in [-0.2, 0) is 24.9 Å². The molecular weight excluding hydrogens is 348 g/mol. The van der Waals surface area contributed by atoms with Gasteiger partial charge in [0.05, 0.1) is 6.61 Å². The number of unbranched alkanes of at least 4 members (excludes halogenated alkanes) is 1. The van der Waals surface area contributed by atoms with Gasteiger partial charge in [0, 0.05) is 22.3 Å². The number of fused-ring (bicyclic) bond motifs is 2. The van der Waals surface area contributed by atoms with Crippen molar-refractivity contribution in [3.05, 3.63) is 70.3 Å². The summed E-state index contributed by atoms with van der Waals surface area (Å²) in [5.74, 6) is -2.54. The average Bonchev–Trinajstić information content (AvgIpc) is 2.69. The number of rotatable bonds is 7. The van der Waals surface area contributed by atoms with Crippen LogP contribution in [0, 0.1) is 6.92 Å². The van der Waals surface area contributed by atoms with Gasteiger partial charge >= 0.3 is 5.97 Å². The Kier molecular flexibility index (Phi) is 5.70. The van der Waals surface area contributed by atoms with Crippen molar-refractivity contribution in [1.82, 2.24) is 0 Å². The van der Waals surface area contributed by atoms with Crippen LogP contribution in [0.2, 0.25) is 0 Å². The van der Waals surface area contributed by atoms with Gasteiger partial charge in [-0.25, -0.2) is 10.1 Å². The first-order valence-electron chi connectivity index (χ1n) is 8.91. The van der Waals surface area contributed by atoms with Gasteiger partial charge in [-0.2, -0.15) is 4.89 Å². The zero-order chi connectivity index (χ0) is 19.4. The van der Waals surface area contributed by atoms with Crippen molar-refractivity contribution in [2.45, 2.75) is 32.5 Å². The van der Waals surface area contributed by atoms with Gasteiger partial charge in [-0.15, -0.1) is 0 Å². The average molecular weight is 370 g/mol. The maximum absolute atomic E-state index is 12.9. The number of carbonyl (C=O) groups is 2. The monoisotopic (exact) mass is 370 g/mol. The second-order valence-electron chi connectivity index (χ2n) is 6.49. The summed E-state index contributed by atoms with van der Waals surface area (Å²) in [6, 6.07) is 11.9. The minimum absolute atomic E-state index is 0.189. The molecule has 0 heterocycles. The van der Waals surface area contributed by atoms with Crippen LogP contribution < -0.4 is 0 Å². The van der Waals surface area contributed by atoms with E-state index in [0.717, 1.165) is 18.4 Å². The largest absolute Gasteiger partial charge is 0.464 e.